The molecule has 2 aromatic heterocycles. The lowest BCUT2D eigenvalue weighted by molar-refractivity contribution is 0.387. The van der Waals surface area contributed by atoms with Crippen molar-refractivity contribution < 1.29 is 4.74 Å². The normalized spacial score (nSPS) is 17.5. The largest absolute Gasteiger partial charge is 0.457 e. The van der Waals surface area contributed by atoms with Crippen LogP contribution in [-0.2, 0) is 0 Å². The van der Waals surface area contributed by atoms with Gasteiger partial charge in [-0.3, -0.25) is 9.13 Å². The molecule has 0 spiro atoms. The summed E-state index contributed by atoms with van der Waals surface area (Å²) in [6.45, 7) is 1.89. The van der Waals surface area contributed by atoms with Crippen LogP contribution in [0.5, 0.6) is 11.5 Å². The van der Waals surface area contributed by atoms with Crippen LogP contribution in [0.3, 0.4) is 0 Å². The number of rotatable bonds is 4. The molecule has 0 amide bonds. The molecular formula is C26H30N6O2. The van der Waals surface area contributed by atoms with Gasteiger partial charge in [-0.05, 0) is 68.8 Å². The molecule has 1 aliphatic rings. The average molecular weight is 459 g/mol. The van der Waals surface area contributed by atoms with Gasteiger partial charge in [-0.15, -0.1) is 0 Å². The molecule has 176 valence electrons. The SMILES string of the molecule is Nc1ncnc2c1n(-c1ccc(Oc3ccccc3)cc1)c(=O)n2C1CCCCCCNCC1. The smallest absolute Gasteiger partial charge is 0.335 e. The molecule has 1 unspecified atom stereocenters. The van der Waals surface area contributed by atoms with Crippen LogP contribution >= 0.6 is 0 Å². The molecule has 1 saturated heterocycles. The molecule has 0 radical (unpaired) electrons. The minimum atomic E-state index is -0.138. The van der Waals surface area contributed by atoms with Crippen molar-refractivity contribution >= 4 is 17.0 Å². The van der Waals surface area contributed by atoms with E-state index in [1.807, 2.05) is 59.2 Å². The number of nitrogens with two attached hydrogens (primary N) is 1. The first kappa shape index (κ1) is 22.2. The molecule has 34 heavy (non-hydrogen) atoms. The van der Waals surface area contributed by atoms with Crippen LogP contribution < -0.4 is 21.5 Å². The lowest BCUT2D eigenvalue weighted by atomic mass is 10.0. The van der Waals surface area contributed by atoms with Crippen molar-refractivity contribution in [2.45, 2.75) is 44.6 Å². The van der Waals surface area contributed by atoms with E-state index in [2.05, 4.69) is 15.3 Å². The highest BCUT2D eigenvalue weighted by molar-refractivity contribution is 5.84. The third kappa shape index (κ3) is 4.54. The van der Waals surface area contributed by atoms with Gasteiger partial charge in [0.25, 0.3) is 0 Å². The number of ether oxygens (including phenoxy) is 1. The first-order valence-corrected chi connectivity index (χ1v) is 12.0. The topological polar surface area (TPSA) is 100.0 Å². The molecular weight excluding hydrogens is 428 g/mol. The van der Waals surface area contributed by atoms with E-state index >= 15 is 0 Å². The van der Waals surface area contributed by atoms with E-state index in [1.165, 1.54) is 25.6 Å². The van der Waals surface area contributed by atoms with Crippen LogP contribution in [0.2, 0.25) is 0 Å². The predicted octanol–water partition coefficient (Wildman–Crippen LogP) is 4.44. The molecule has 0 saturated carbocycles. The fourth-order valence-corrected chi connectivity index (χ4v) is 4.70. The van der Waals surface area contributed by atoms with Gasteiger partial charge in [0.1, 0.15) is 23.3 Å². The number of nitrogens with one attached hydrogen (secondary N) is 1. The zero-order valence-electron chi connectivity index (χ0n) is 19.2. The van der Waals surface area contributed by atoms with E-state index in [4.69, 9.17) is 10.5 Å². The summed E-state index contributed by atoms with van der Waals surface area (Å²) in [7, 11) is 0. The van der Waals surface area contributed by atoms with Gasteiger partial charge in [0.15, 0.2) is 11.5 Å². The number of benzene rings is 2. The van der Waals surface area contributed by atoms with Gasteiger partial charge < -0.3 is 15.8 Å². The highest BCUT2D eigenvalue weighted by Gasteiger charge is 2.24. The maximum atomic E-state index is 13.8. The van der Waals surface area contributed by atoms with Crippen LogP contribution in [0.1, 0.15) is 44.6 Å². The summed E-state index contributed by atoms with van der Waals surface area (Å²) < 4.78 is 9.36. The molecule has 0 bridgehead atoms. The first-order chi connectivity index (χ1) is 16.7. The molecule has 1 aliphatic heterocycles. The van der Waals surface area contributed by atoms with Crippen LogP contribution in [-0.4, -0.2) is 32.2 Å². The number of hydrogen-bond donors (Lipinski definition) is 2. The number of fused-ring (bicyclic) bond motifs is 1. The van der Waals surface area contributed by atoms with Crippen LogP contribution in [0.15, 0.2) is 65.7 Å². The number of nitrogen functional groups attached to an aromatic ring is 1. The summed E-state index contributed by atoms with van der Waals surface area (Å²) in [4.78, 5) is 22.5. The fourth-order valence-electron chi connectivity index (χ4n) is 4.70. The van der Waals surface area contributed by atoms with E-state index in [9.17, 15) is 4.79 Å². The standard InChI is InChI=1S/C26H30N6O2/c27-24-23-25(30-18-29-24)32(19-8-4-1-2-7-16-28-17-15-19)26(33)31(23)20-11-13-22(14-12-20)34-21-9-5-3-6-10-21/h3,5-6,9-14,18-19,28H,1-2,4,7-8,15-17H2,(H2,27,29,30). The van der Waals surface area contributed by atoms with E-state index < -0.39 is 0 Å². The fraction of sp³-hybridized carbons (Fsp3) is 0.346. The maximum Gasteiger partial charge on any atom is 0.335 e. The van der Waals surface area contributed by atoms with E-state index in [-0.39, 0.29) is 11.7 Å². The summed E-state index contributed by atoms with van der Waals surface area (Å²) in [5, 5.41) is 3.50. The van der Waals surface area contributed by atoms with Gasteiger partial charge in [0, 0.05) is 6.04 Å². The van der Waals surface area contributed by atoms with Crippen molar-refractivity contribution in [3.63, 3.8) is 0 Å². The van der Waals surface area contributed by atoms with Gasteiger partial charge >= 0.3 is 5.69 Å². The Morgan fingerprint density at radius 1 is 0.882 bits per heavy atom. The summed E-state index contributed by atoms with van der Waals surface area (Å²) in [6.07, 6.45) is 7.93. The van der Waals surface area contributed by atoms with Crippen molar-refractivity contribution in [1.82, 2.24) is 24.4 Å². The number of nitrogens with zero attached hydrogens (tertiary/aromatic N) is 4. The highest BCUT2D eigenvalue weighted by atomic mass is 16.5. The molecule has 0 aliphatic carbocycles. The molecule has 3 heterocycles. The van der Waals surface area contributed by atoms with Crippen molar-refractivity contribution in [2.75, 3.05) is 18.8 Å². The third-order valence-electron chi connectivity index (χ3n) is 6.41. The number of hydrogen-bond acceptors (Lipinski definition) is 6. The van der Waals surface area contributed by atoms with Crippen molar-refractivity contribution in [3.8, 4) is 17.2 Å². The second-order valence-corrected chi connectivity index (χ2v) is 8.72. The van der Waals surface area contributed by atoms with Gasteiger partial charge in [-0.25, -0.2) is 14.8 Å². The van der Waals surface area contributed by atoms with Crippen LogP contribution in [0, 0.1) is 0 Å². The maximum absolute atomic E-state index is 13.8. The first-order valence-electron chi connectivity index (χ1n) is 12.0. The Kier molecular flexibility index (Phi) is 6.58. The second-order valence-electron chi connectivity index (χ2n) is 8.72. The van der Waals surface area contributed by atoms with Gasteiger partial charge in [-0.2, -0.15) is 0 Å². The van der Waals surface area contributed by atoms with Crippen molar-refractivity contribution in [3.05, 3.63) is 71.4 Å². The van der Waals surface area contributed by atoms with E-state index in [0.29, 0.717) is 28.4 Å². The molecule has 5 rings (SSSR count). The predicted molar refractivity (Wildman–Crippen MR) is 134 cm³/mol. The zero-order chi connectivity index (χ0) is 23.3. The number of imidazole rings is 1. The average Bonchev–Trinajstić information content (AvgIpc) is 3.16. The van der Waals surface area contributed by atoms with Crippen LogP contribution in [0.25, 0.3) is 16.9 Å². The zero-order valence-corrected chi connectivity index (χ0v) is 19.2. The lowest BCUT2D eigenvalue weighted by Gasteiger charge is -2.20. The number of aromatic nitrogens is 4. The van der Waals surface area contributed by atoms with Gasteiger partial charge in [0.05, 0.1) is 5.69 Å². The molecule has 1 atom stereocenters. The molecule has 2 aromatic carbocycles. The molecule has 3 N–H and O–H groups in total. The Labute approximate surface area is 198 Å². The minimum Gasteiger partial charge on any atom is -0.457 e. The van der Waals surface area contributed by atoms with Crippen molar-refractivity contribution in [1.29, 1.82) is 0 Å². The van der Waals surface area contributed by atoms with E-state index in [1.54, 1.807) is 4.57 Å². The summed E-state index contributed by atoms with van der Waals surface area (Å²) in [5.41, 5.74) is 7.98. The van der Waals surface area contributed by atoms with E-state index in [0.717, 1.165) is 38.1 Å². The summed E-state index contributed by atoms with van der Waals surface area (Å²) in [6, 6.07) is 17.1. The lowest BCUT2D eigenvalue weighted by Crippen LogP contribution is -2.30. The Bertz CT molecular complexity index is 1290. The Morgan fingerprint density at radius 2 is 1.65 bits per heavy atom. The third-order valence-corrected chi connectivity index (χ3v) is 6.41. The molecule has 8 nitrogen and oxygen atoms in total. The molecule has 1 fully saturated rings. The van der Waals surface area contributed by atoms with Crippen LogP contribution in [0.4, 0.5) is 5.82 Å². The minimum absolute atomic E-state index is 0.0526. The second kappa shape index (κ2) is 10.1. The van der Waals surface area contributed by atoms with Gasteiger partial charge in [0.2, 0.25) is 0 Å². The number of para-hydroxylation sites is 1. The van der Waals surface area contributed by atoms with Crippen molar-refractivity contribution in [2.24, 2.45) is 0 Å². The Hall–Kier alpha value is -3.65. The number of anilines is 1. The molecule has 8 heteroatoms. The summed E-state index contributed by atoms with van der Waals surface area (Å²) in [5.74, 6) is 1.74. The van der Waals surface area contributed by atoms with Gasteiger partial charge in [-0.1, -0.05) is 37.5 Å². The summed E-state index contributed by atoms with van der Waals surface area (Å²) >= 11 is 0. The molecule has 4 aromatic rings. The Morgan fingerprint density at radius 3 is 2.47 bits per heavy atom. The Balaban J connectivity index is 1.54. The quantitative estimate of drug-likeness (QED) is 0.469. The monoisotopic (exact) mass is 458 g/mol. The highest BCUT2D eigenvalue weighted by Crippen LogP contribution is 2.28.